The van der Waals surface area contributed by atoms with Gasteiger partial charge in [-0.25, -0.2) is 0 Å². The van der Waals surface area contributed by atoms with Crippen molar-refractivity contribution in [3.63, 3.8) is 0 Å². The van der Waals surface area contributed by atoms with E-state index >= 15 is 0 Å². The van der Waals surface area contributed by atoms with Crippen LogP contribution in [0.1, 0.15) is 35.4 Å². The molecule has 1 amide bonds. The van der Waals surface area contributed by atoms with Crippen LogP contribution in [0.3, 0.4) is 0 Å². The third-order valence-corrected chi connectivity index (χ3v) is 7.36. The molecule has 2 aromatic carbocycles. The Labute approximate surface area is 218 Å². The average Bonchev–Trinajstić information content (AvgIpc) is 3.36. The molecule has 0 fully saturated rings. The first-order chi connectivity index (χ1) is 17.5. The summed E-state index contributed by atoms with van der Waals surface area (Å²) in [6.45, 7) is 6.78. The van der Waals surface area contributed by atoms with E-state index in [0.29, 0.717) is 19.7 Å². The van der Waals surface area contributed by atoms with Crippen LogP contribution in [-0.4, -0.2) is 66.3 Å². The lowest BCUT2D eigenvalue weighted by atomic mass is 10.0. The van der Waals surface area contributed by atoms with Crippen LogP contribution < -0.4 is 9.47 Å². The van der Waals surface area contributed by atoms with Gasteiger partial charge in [-0.05, 0) is 73.1 Å². The predicted octanol–water partition coefficient (Wildman–Crippen LogP) is 4.71. The number of thiophene rings is 1. The predicted molar refractivity (Wildman–Crippen MR) is 144 cm³/mol. The normalized spacial score (nSPS) is 16.0. The van der Waals surface area contributed by atoms with Crippen LogP contribution in [0.4, 0.5) is 0 Å². The molecule has 1 aliphatic heterocycles. The van der Waals surface area contributed by atoms with Crippen molar-refractivity contribution >= 4 is 17.2 Å². The maximum atomic E-state index is 13.6. The van der Waals surface area contributed by atoms with E-state index in [1.54, 1.807) is 11.3 Å². The molecule has 0 radical (unpaired) electrons. The number of para-hydroxylation sites is 1. The number of hydrogen-bond acceptors (Lipinski definition) is 6. The van der Waals surface area contributed by atoms with Gasteiger partial charge in [-0.2, -0.15) is 0 Å². The van der Waals surface area contributed by atoms with Crippen LogP contribution in [0.25, 0.3) is 0 Å². The molecule has 0 bridgehead atoms. The lowest BCUT2D eigenvalue weighted by molar-refractivity contribution is -0.136. The Morgan fingerprint density at radius 1 is 1.14 bits per heavy atom. The fraction of sp³-hybridized carbons (Fsp3) is 0.414. The molecule has 192 valence electrons. The number of rotatable bonds is 12. The van der Waals surface area contributed by atoms with Crippen molar-refractivity contribution in [3.05, 3.63) is 82.0 Å². The lowest BCUT2D eigenvalue weighted by Gasteiger charge is -2.37. The highest BCUT2D eigenvalue weighted by Gasteiger charge is 2.33. The summed E-state index contributed by atoms with van der Waals surface area (Å²) >= 11 is 1.75. The number of benzene rings is 2. The molecule has 0 spiro atoms. The number of aliphatic hydroxyl groups is 1. The van der Waals surface area contributed by atoms with Crippen LogP contribution in [-0.2, 0) is 11.2 Å². The van der Waals surface area contributed by atoms with Crippen molar-refractivity contribution in [2.24, 2.45) is 0 Å². The van der Waals surface area contributed by atoms with Crippen molar-refractivity contribution in [1.82, 2.24) is 9.80 Å². The van der Waals surface area contributed by atoms with Crippen molar-refractivity contribution in [2.45, 2.75) is 38.8 Å². The minimum absolute atomic E-state index is 0.0642. The number of hydrogen-bond donors (Lipinski definition) is 1. The van der Waals surface area contributed by atoms with E-state index in [9.17, 15) is 9.90 Å². The molecule has 1 aromatic heterocycles. The number of amides is 1. The zero-order chi connectivity index (χ0) is 25.3. The summed E-state index contributed by atoms with van der Waals surface area (Å²) in [7, 11) is 0. The number of carbonyl (C=O) groups excluding carboxylic acids is 1. The number of ether oxygens (including phenoxy) is 2. The number of nitrogens with zero attached hydrogens (tertiary/aromatic N) is 2. The molecule has 0 saturated carbocycles. The fourth-order valence-corrected chi connectivity index (χ4v) is 5.58. The first-order valence-electron chi connectivity index (χ1n) is 12.7. The average molecular weight is 509 g/mol. The molecule has 2 heterocycles. The van der Waals surface area contributed by atoms with Crippen LogP contribution in [0.5, 0.6) is 11.5 Å². The summed E-state index contributed by atoms with van der Waals surface area (Å²) < 4.78 is 11.9. The van der Waals surface area contributed by atoms with E-state index in [2.05, 4.69) is 18.4 Å². The minimum Gasteiger partial charge on any atom is -0.491 e. The Morgan fingerprint density at radius 3 is 2.72 bits per heavy atom. The van der Waals surface area contributed by atoms with Gasteiger partial charge in [0, 0.05) is 18.0 Å². The number of fused-ring (bicyclic) bond motifs is 1. The summed E-state index contributed by atoms with van der Waals surface area (Å²) in [5.74, 6) is 1.61. The highest BCUT2D eigenvalue weighted by molar-refractivity contribution is 7.10. The van der Waals surface area contributed by atoms with Gasteiger partial charge in [0.1, 0.15) is 30.8 Å². The zero-order valence-corrected chi connectivity index (χ0v) is 22.0. The van der Waals surface area contributed by atoms with E-state index in [0.717, 1.165) is 36.4 Å². The number of aliphatic hydroxyl groups excluding tert-OH is 1. The maximum absolute atomic E-state index is 13.6. The van der Waals surface area contributed by atoms with Crippen LogP contribution >= 0.6 is 11.3 Å². The first kappa shape index (κ1) is 26.2. The second kappa shape index (κ2) is 12.9. The molecule has 36 heavy (non-hydrogen) atoms. The number of aryl methyl sites for hydroxylation is 1. The molecule has 0 aliphatic carbocycles. The molecule has 1 aliphatic rings. The Hall–Kier alpha value is -2.87. The van der Waals surface area contributed by atoms with Gasteiger partial charge in [-0.1, -0.05) is 37.3 Å². The summed E-state index contributed by atoms with van der Waals surface area (Å²) in [5.41, 5.74) is 2.33. The van der Waals surface area contributed by atoms with Gasteiger partial charge in [0.2, 0.25) is 5.91 Å². The minimum atomic E-state index is -0.685. The van der Waals surface area contributed by atoms with Gasteiger partial charge in [-0.3, -0.25) is 9.69 Å². The summed E-state index contributed by atoms with van der Waals surface area (Å²) in [4.78, 5) is 18.9. The molecular formula is C29H36N2O4S. The molecule has 6 nitrogen and oxygen atoms in total. The topological polar surface area (TPSA) is 62.2 Å². The summed E-state index contributed by atoms with van der Waals surface area (Å²) in [6.07, 6.45) is 1.07. The van der Waals surface area contributed by atoms with E-state index in [4.69, 9.17) is 9.47 Å². The SMILES string of the molecule is CCCN(CC(=O)N1CCc2sccc2[C@@H]1COc1cccc(C)c1)C[C@@H](O)COc1ccccc1. The van der Waals surface area contributed by atoms with Gasteiger partial charge in [-0.15, -0.1) is 11.3 Å². The zero-order valence-electron chi connectivity index (χ0n) is 21.1. The van der Waals surface area contributed by atoms with E-state index in [1.165, 1.54) is 10.4 Å². The van der Waals surface area contributed by atoms with Crippen molar-refractivity contribution in [2.75, 3.05) is 39.4 Å². The van der Waals surface area contributed by atoms with E-state index in [1.807, 2.05) is 71.3 Å². The molecule has 7 heteroatoms. The molecule has 2 atom stereocenters. The number of carbonyl (C=O) groups is 1. The van der Waals surface area contributed by atoms with E-state index in [-0.39, 0.29) is 25.1 Å². The van der Waals surface area contributed by atoms with Gasteiger partial charge in [0.05, 0.1) is 12.6 Å². The molecule has 1 N–H and O–H groups in total. The lowest BCUT2D eigenvalue weighted by Crippen LogP contribution is -2.48. The first-order valence-corrected chi connectivity index (χ1v) is 13.5. The Bertz CT molecular complexity index is 1100. The van der Waals surface area contributed by atoms with Gasteiger partial charge in [0.25, 0.3) is 0 Å². The molecule has 4 rings (SSSR count). The second-order valence-corrected chi connectivity index (χ2v) is 10.3. The highest BCUT2D eigenvalue weighted by atomic mass is 32.1. The fourth-order valence-electron chi connectivity index (χ4n) is 4.65. The second-order valence-electron chi connectivity index (χ2n) is 9.29. The third kappa shape index (κ3) is 7.09. The summed E-state index contributed by atoms with van der Waals surface area (Å²) in [6, 6.07) is 19.5. The van der Waals surface area contributed by atoms with Gasteiger partial charge >= 0.3 is 0 Å². The third-order valence-electron chi connectivity index (χ3n) is 6.37. The maximum Gasteiger partial charge on any atom is 0.237 e. The Kier molecular flexibility index (Phi) is 9.39. The Morgan fingerprint density at radius 2 is 1.94 bits per heavy atom. The van der Waals surface area contributed by atoms with Gasteiger partial charge < -0.3 is 19.5 Å². The molecule has 3 aromatic rings. The molecule has 0 unspecified atom stereocenters. The van der Waals surface area contributed by atoms with Crippen LogP contribution in [0.2, 0.25) is 0 Å². The highest BCUT2D eigenvalue weighted by Crippen LogP contribution is 2.34. The van der Waals surface area contributed by atoms with Crippen molar-refractivity contribution in [1.29, 1.82) is 0 Å². The Balaban J connectivity index is 1.39. The standard InChI is InChI=1S/C29H36N2O4S/c1-3-14-30(18-23(32)20-34-24-9-5-4-6-10-24)19-29(33)31-15-12-28-26(13-16-36-28)27(31)21-35-25-11-7-8-22(2)17-25/h4-11,13,16-17,23,27,32H,3,12,14-15,18-21H2,1-2H3/t23-,27+/m1/s1. The van der Waals surface area contributed by atoms with Gasteiger partial charge in [0.15, 0.2) is 0 Å². The molecule has 0 saturated heterocycles. The molecular weight excluding hydrogens is 472 g/mol. The van der Waals surface area contributed by atoms with E-state index < -0.39 is 6.10 Å². The largest absolute Gasteiger partial charge is 0.491 e. The monoisotopic (exact) mass is 508 g/mol. The van der Waals surface area contributed by atoms with Crippen molar-refractivity contribution in [3.8, 4) is 11.5 Å². The smallest absolute Gasteiger partial charge is 0.237 e. The van der Waals surface area contributed by atoms with Crippen LogP contribution in [0, 0.1) is 6.92 Å². The van der Waals surface area contributed by atoms with Crippen molar-refractivity contribution < 1.29 is 19.4 Å². The van der Waals surface area contributed by atoms with Crippen LogP contribution in [0.15, 0.2) is 66.0 Å². The quantitative estimate of drug-likeness (QED) is 0.384. The summed E-state index contributed by atoms with van der Waals surface area (Å²) in [5, 5.41) is 12.7.